The number of nitrogens with two attached hydrogens (primary N) is 1. The van der Waals surface area contributed by atoms with Crippen LogP contribution in [-0.4, -0.2) is 8.42 Å². The van der Waals surface area contributed by atoms with Crippen molar-refractivity contribution in [1.82, 2.24) is 0 Å². The van der Waals surface area contributed by atoms with Crippen LogP contribution in [0.15, 0.2) is 44.2 Å². The zero-order valence-corrected chi connectivity index (χ0v) is 15.7. The summed E-state index contributed by atoms with van der Waals surface area (Å²) < 4.78 is 28.6. The molecule has 0 aliphatic heterocycles. The first-order chi connectivity index (χ1) is 9.72. The lowest BCUT2D eigenvalue weighted by molar-refractivity contribution is 0.601. The molecule has 0 bridgehead atoms. The van der Waals surface area contributed by atoms with Crippen LogP contribution >= 0.6 is 55.1 Å². The topological polar surface area (TPSA) is 72.2 Å². The number of benzene rings is 2. The fraction of sp³-hybridized carbons (Fsp3) is 0. The smallest absolute Gasteiger partial charge is 0.263 e. The molecule has 21 heavy (non-hydrogen) atoms. The van der Waals surface area contributed by atoms with Crippen LogP contribution in [-0.2, 0) is 10.0 Å². The molecule has 112 valence electrons. The molecule has 0 saturated carbocycles. The second-order valence-electron chi connectivity index (χ2n) is 4.00. The molecule has 2 aromatic carbocycles. The third kappa shape index (κ3) is 3.65. The van der Waals surface area contributed by atoms with E-state index in [9.17, 15) is 8.42 Å². The third-order valence-electron chi connectivity index (χ3n) is 2.56. The Morgan fingerprint density at radius 3 is 2.38 bits per heavy atom. The van der Waals surface area contributed by atoms with Crippen LogP contribution < -0.4 is 10.5 Å². The van der Waals surface area contributed by atoms with E-state index in [1.165, 1.54) is 12.1 Å². The summed E-state index contributed by atoms with van der Waals surface area (Å²) in [6.45, 7) is 0. The van der Waals surface area contributed by atoms with E-state index in [4.69, 9.17) is 28.9 Å². The number of sulfonamides is 1. The Morgan fingerprint density at radius 2 is 1.76 bits per heavy atom. The maximum atomic E-state index is 12.4. The zero-order chi connectivity index (χ0) is 15.8. The lowest BCUT2D eigenvalue weighted by atomic mass is 10.3. The molecule has 0 atom stereocenters. The second-order valence-corrected chi connectivity index (χ2v) is 8.21. The highest BCUT2D eigenvalue weighted by molar-refractivity contribution is 9.11. The average Bonchev–Trinajstić information content (AvgIpc) is 2.39. The van der Waals surface area contributed by atoms with E-state index in [0.29, 0.717) is 10.2 Å². The number of anilines is 2. The summed E-state index contributed by atoms with van der Waals surface area (Å²) in [5.74, 6) is 0. The number of nitrogen functional groups attached to an aromatic ring is 1. The Balaban J connectivity index is 2.46. The first-order valence-electron chi connectivity index (χ1n) is 5.43. The standard InChI is InChI=1S/C12H8Br2Cl2N2O2S/c13-6-1-3-9(7(14)5-6)18-21(19,20)10-4-2-8(15)12(17)11(10)16/h1-5,18H,17H2. The van der Waals surface area contributed by atoms with Gasteiger partial charge in [0.25, 0.3) is 10.0 Å². The molecule has 0 aromatic heterocycles. The van der Waals surface area contributed by atoms with Gasteiger partial charge in [-0.25, -0.2) is 8.42 Å². The van der Waals surface area contributed by atoms with Crippen LogP contribution in [0.2, 0.25) is 10.0 Å². The molecule has 2 rings (SSSR count). The SMILES string of the molecule is Nc1c(Cl)ccc(S(=O)(=O)Nc2ccc(Br)cc2Br)c1Cl. The summed E-state index contributed by atoms with van der Waals surface area (Å²) in [4.78, 5) is -0.138. The highest BCUT2D eigenvalue weighted by Gasteiger charge is 2.21. The van der Waals surface area contributed by atoms with Gasteiger partial charge in [-0.3, -0.25) is 4.72 Å². The monoisotopic (exact) mass is 472 g/mol. The molecule has 4 nitrogen and oxygen atoms in total. The molecule has 0 fully saturated rings. The molecule has 0 radical (unpaired) electrons. The van der Waals surface area contributed by atoms with Crippen molar-refractivity contribution in [3.63, 3.8) is 0 Å². The number of halogens is 4. The third-order valence-corrected chi connectivity index (χ3v) is 5.96. The van der Waals surface area contributed by atoms with Gasteiger partial charge in [0.2, 0.25) is 0 Å². The van der Waals surface area contributed by atoms with Crippen molar-refractivity contribution in [2.24, 2.45) is 0 Å². The summed E-state index contributed by atoms with van der Waals surface area (Å²) in [6, 6.07) is 7.72. The minimum Gasteiger partial charge on any atom is -0.396 e. The van der Waals surface area contributed by atoms with Crippen LogP contribution in [0.4, 0.5) is 11.4 Å². The summed E-state index contributed by atoms with van der Waals surface area (Å²) in [5, 5.41) is 0.0898. The Labute approximate surface area is 148 Å². The van der Waals surface area contributed by atoms with Crippen molar-refractivity contribution in [3.8, 4) is 0 Å². The van der Waals surface area contributed by atoms with Gasteiger partial charge >= 0.3 is 0 Å². The van der Waals surface area contributed by atoms with Crippen LogP contribution in [0, 0.1) is 0 Å². The van der Waals surface area contributed by atoms with Crippen molar-refractivity contribution >= 4 is 76.5 Å². The highest BCUT2D eigenvalue weighted by Crippen LogP contribution is 2.35. The molecule has 0 heterocycles. The summed E-state index contributed by atoms with van der Waals surface area (Å²) >= 11 is 18.3. The van der Waals surface area contributed by atoms with Gasteiger partial charge in [0.1, 0.15) is 4.90 Å². The van der Waals surface area contributed by atoms with Crippen molar-refractivity contribution in [1.29, 1.82) is 0 Å². The minimum absolute atomic E-state index is 0.0241. The Kier molecular flexibility index (Phi) is 5.10. The Bertz CT molecular complexity index is 813. The van der Waals surface area contributed by atoms with Crippen molar-refractivity contribution in [2.75, 3.05) is 10.5 Å². The predicted molar refractivity (Wildman–Crippen MR) is 93.5 cm³/mol. The fourth-order valence-corrected chi connectivity index (χ4v) is 4.65. The molecular weight excluding hydrogens is 467 g/mol. The van der Waals surface area contributed by atoms with Gasteiger partial charge in [-0.2, -0.15) is 0 Å². The highest BCUT2D eigenvalue weighted by atomic mass is 79.9. The van der Waals surface area contributed by atoms with Gasteiger partial charge in [0, 0.05) is 8.95 Å². The first kappa shape index (κ1) is 16.9. The molecule has 0 unspecified atom stereocenters. The number of nitrogens with one attached hydrogen (secondary N) is 1. The molecular formula is C12H8Br2Cl2N2O2S. The van der Waals surface area contributed by atoms with Gasteiger partial charge in [-0.1, -0.05) is 39.1 Å². The molecule has 0 saturated heterocycles. The van der Waals surface area contributed by atoms with E-state index in [1.807, 2.05) is 0 Å². The van der Waals surface area contributed by atoms with Crippen molar-refractivity contribution < 1.29 is 8.42 Å². The van der Waals surface area contributed by atoms with E-state index >= 15 is 0 Å². The van der Waals surface area contributed by atoms with Crippen LogP contribution in [0.5, 0.6) is 0 Å². The predicted octanol–water partition coefficient (Wildman–Crippen LogP) is 4.90. The Morgan fingerprint density at radius 1 is 1.10 bits per heavy atom. The van der Waals surface area contributed by atoms with Crippen LogP contribution in [0.1, 0.15) is 0 Å². The van der Waals surface area contributed by atoms with Gasteiger partial charge in [-0.15, -0.1) is 0 Å². The van der Waals surface area contributed by atoms with E-state index in [1.54, 1.807) is 18.2 Å². The van der Waals surface area contributed by atoms with E-state index in [0.717, 1.165) is 4.47 Å². The summed E-state index contributed by atoms with van der Waals surface area (Å²) in [5.41, 5.74) is 6.05. The van der Waals surface area contributed by atoms with Gasteiger partial charge < -0.3 is 5.73 Å². The molecule has 9 heteroatoms. The van der Waals surface area contributed by atoms with E-state index in [-0.39, 0.29) is 20.6 Å². The lowest BCUT2D eigenvalue weighted by Gasteiger charge is -2.12. The summed E-state index contributed by atoms with van der Waals surface area (Å²) in [7, 11) is -3.88. The molecule has 0 amide bonds. The van der Waals surface area contributed by atoms with Crippen molar-refractivity contribution in [2.45, 2.75) is 4.90 Å². The maximum Gasteiger partial charge on any atom is 0.263 e. The fourth-order valence-electron chi connectivity index (χ4n) is 1.53. The minimum atomic E-state index is -3.88. The molecule has 2 aromatic rings. The zero-order valence-electron chi connectivity index (χ0n) is 10.2. The summed E-state index contributed by atoms with van der Waals surface area (Å²) in [6.07, 6.45) is 0. The number of rotatable bonds is 3. The molecule has 0 aliphatic rings. The van der Waals surface area contributed by atoms with Gasteiger partial charge in [-0.05, 0) is 46.3 Å². The average molecular weight is 475 g/mol. The van der Waals surface area contributed by atoms with Crippen molar-refractivity contribution in [3.05, 3.63) is 49.3 Å². The van der Waals surface area contributed by atoms with E-state index in [2.05, 4.69) is 36.6 Å². The van der Waals surface area contributed by atoms with E-state index < -0.39 is 10.0 Å². The normalized spacial score (nSPS) is 11.4. The number of hydrogen-bond donors (Lipinski definition) is 2. The number of hydrogen-bond acceptors (Lipinski definition) is 3. The van der Waals surface area contributed by atoms with Gasteiger partial charge in [0.15, 0.2) is 0 Å². The molecule has 3 N–H and O–H groups in total. The van der Waals surface area contributed by atoms with Gasteiger partial charge in [0.05, 0.1) is 21.4 Å². The molecule has 0 spiro atoms. The lowest BCUT2D eigenvalue weighted by Crippen LogP contribution is -2.14. The molecule has 0 aliphatic carbocycles. The largest absolute Gasteiger partial charge is 0.396 e. The maximum absolute atomic E-state index is 12.4. The second kappa shape index (κ2) is 6.34. The quantitative estimate of drug-likeness (QED) is 0.621. The van der Waals surface area contributed by atoms with Crippen LogP contribution in [0.3, 0.4) is 0 Å². The first-order valence-corrected chi connectivity index (χ1v) is 9.26. The van der Waals surface area contributed by atoms with Crippen LogP contribution in [0.25, 0.3) is 0 Å². The Hall–Kier alpha value is -0.470.